The van der Waals surface area contributed by atoms with Crippen LogP contribution in [0.4, 0.5) is 4.39 Å². The number of ether oxygens (including phenoxy) is 1. The second-order valence-electron chi connectivity index (χ2n) is 4.98. The van der Waals surface area contributed by atoms with Gasteiger partial charge in [0.15, 0.2) is 11.6 Å². The molecular weight excluding hydrogens is 319 g/mol. The molecular formula is C16H17FN2O5. The van der Waals surface area contributed by atoms with Gasteiger partial charge in [-0.2, -0.15) is 0 Å². The first kappa shape index (κ1) is 17.6. The maximum absolute atomic E-state index is 13.7. The van der Waals surface area contributed by atoms with Gasteiger partial charge in [0.2, 0.25) is 11.8 Å². The summed E-state index contributed by atoms with van der Waals surface area (Å²) in [5.41, 5.74) is -0.138. The summed E-state index contributed by atoms with van der Waals surface area (Å²) in [7, 11) is 1.24. The van der Waals surface area contributed by atoms with E-state index in [1.165, 1.54) is 7.11 Å². The zero-order valence-electron chi connectivity index (χ0n) is 13.5. The molecule has 0 aromatic heterocycles. The van der Waals surface area contributed by atoms with E-state index in [1.54, 1.807) is 0 Å². The third kappa shape index (κ3) is 2.75. The summed E-state index contributed by atoms with van der Waals surface area (Å²) in [4.78, 5) is 48.5. The van der Waals surface area contributed by atoms with Crippen molar-refractivity contribution in [2.45, 2.75) is 32.7 Å². The van der Waals surface area contributed by atoms with Crippen LogP contribution in [0.3, 0.4) is 0 Å². The molecule has 8 heteroatoms. The first-order valence-corrected chi connectivity index (χ1v) is 7.53. The summed E-state index contributed by atoms with van der Waals surface area (Å²) in [5, 5.41) is 2.09. The molecule has 0 radical (unpaired) electrons. The van der Waals surface area contributed by atoms with Crippen molar-refractivity contribution in [2.24, 2.45) is 0 Å². The highest BCUT2D eigenvalue weighted by Gasteiger charge is 2.45. The molecule has 0 aliphatic carbocycles. The number of carbonyl (C=O) groups excluding carboxylic acids is 4. The van der Waals surface area contributed by atoms with Crippen LogP contribution in [-0.4, -0.2) is 41.7 Å². The molecule has 2 aliphatic heterocycles. The van der Waals surface area contributed by atoms with E-state index in [2.05, 4.69) is 5.32 Å². The number of imide groups is 2. The van der Waals surface area contributed by atoms with Gasteiger partial charge >= 0.3 is 0 Å². The fourth-order valence-electron chi connectivity index (χ4n) is 2.63. The smallest absolute Gasteiger partial charge is 0.262 e. The summed E-state index contributed by atoms with van der Waals surface area (Å²) in [6.07, 6.45) is 0.0806. The molecule has 1 saturated heterocycles. The number of nitrogens with one attached hydrogen (secondary N) is 1. The van der Waals surface area contributed by atoms with Crippen molar-refractivity contribution in [3.63, 3.8) is 0 Å². The number of piperidine rings is 1. The molecule has 1 N–H and O–H groups in total. The molecule has 1 fully saturated rings. The standard InChI is InChI=1S/C14H11FN2O5.C2H6/c1-22-10-5-7-6(4-8(10)15)13(20)17(14(7)21)9-2-3-11(18)16-12(9)19;1-2/h4-5,9H,2-3H2,1H3,(H,16,18,19);1-2H3. The number of methoxy groups -OCH3 is 1. The van der Waals surface area contributed by atoms with E-state index < -0.39 is 35.5 Å². The molecule has 1 unspecified atom stereocenters. The van der Waals surface area contributed by atoms with Crippen molar-refractivity contribution in [2.75, 3.05) is 7.11 Å². The van der Waals surface area contributed by atoms with Gasteiger partial charge in [-0.05, 0) is 18.6 Å². The zero-order chi connectivity index (χ0) is 18.0. The monoisotopic (exact) mass is 336 g/mol. The number of fused-ring (bicyclic) bond motifs is 1. The summed E-state index contributed by atoms with van der Waals surface area (Å²) in [6.45, 7) is 4.00. The van der Waals surface area contributed by atoms with Gasteiger partial charge in [0.25, 0.3) is 11.8 Å². The molecule has 0 bridgehead atoms. The molecule has 1 atom stereocenters. The van der Waals surface area contributed by atoms with Crippen LogP contribution in [0.1, 0.15) is 47.4 Å². The third-order valence-corrected chi connectivity index (χ3v) is 3.71. The average Bonchev–Trinajstić information content (AvgIpc) is 2.80. The number of carbonyl (C=O) groups is 4. The van der Waals surface area contributed by atoms with Gasteiger partial charge < -0.3 is 4.74 Å². The number of halogens is 1. The number of rotatable bonds is 2. The molecule has 0 saturated carbocycles. The van der Waals surface area contributed by atoms with Crippen LogP contribution in [0.25, 0.3) is 0 Å². The van der Waals surface area contributed by atoms with Crippen LogP contribution < -0.4 is 10.1 Å². The highest BCUT2D eigenvalue weighted by atomic mass is 19.1. The van der Waals surface area contributed by atoms with Gasteiger partial charge in [-0.1, -0.05) is 13.8 Å². The predicted octanol–water partition coefficient (Wildman–Crippen LogP) is 1.26. The minimum Gasteiger partial charge on any atom is -0.494 e. The minimum absolute atomic E-state index is 0.0204. The van der Waals surface area contributed by atoms with E-state index in [0.717, 1.165) is 17.0 Å². The normalized spacial score (nSPS) is 19.5. The lowest BCUT2D eigenvalue weighted by atomic mass is 10.0. The van der Waals surface area contributed by atoms with Crippen LogP contribution in [-0.2, 0) is 9.59 Å². The van der Waals surface area contributed by atoms with E-state index in [-0.39, 0.29) is 29.7 Å². The highest BCUT2D eigenvalue weighted by Crippen LogP contribution is 2.31. The van der Waals surface area contributed by atoms with Crippen molar-refractivity contribution >= 4 is 23.6 Å². The van der Waals surface area contributed by atoms with E-state index in [9.17, 15) is 23.6 Å². The lowest BCUT2D eigenvalue weighted by Crippen LogP contribution is -2.54. The van der Waals surface area contributed by atoms with Gasteiger partial charge in [0.05, 0.1) is 18.2 Å². The van der Waals surface area contributed by atoms with Gasteiger partial charge in [-0.3, -0.25) is 29.4 Å². The van der Waals surface area contributed by atoms with E-state index in [1.807, 2.05) is 13.8 Å². The van der Waals surface area contributed by atoms with Crippen molar-refractivity contribution in [1.82, 2.24) is 10.2 Å². The Hall–Kier alpha value is -2.77. The molecule has 24 heavy (non-hydrogen) atoms. The SMILES string of the molecule is CC.COc1cc2c(cc1F)C(=O)N(C1CCC(=O)NC1=O)C2=O. The molecule has 3 rings (SSSR count). The third-order valence-electron chi connectivity index (χ3n) is 3.71. The highest BCUT2D eigenvalue weighted by molar-refractivity contribution is 6.23. The number of amides is 4. The van der Waals surface area contributed by atoms with Crippen LogP contribution in [0.2, 0.25) is 0 Å². The van der Waals surface area contributed by atoms with E-state index >= 15 is 0 Å². The topological polar surface area (TPSA) is 92.8 Å². The Balaban J connectivity index is 0.00000100. The maximum Gasteiger partial charge on any atom is 0.262 e. The van der Waals surface area contributed by atoms with Crippen LogP contribution in [0.5, 0.6) is 5.75 Å². The van der Waals surface area contributed by atoms with Crippen LogP contribution >= 0.6 is 0 Å². The summed E-state index contributed by atoms with van der Waals surface area (Å²) in [5.74, 6) is -3.55. The molecule has 128 valence electrons. The molecule has 1 aromatic carbocycles. The van der Waals surface area contributed by atoms with Gasteiger partial charge in [-0.25, -0.2) is 4.39 Å². The number of hydrogen-bond donors (Lipinski definition) is 1. The van der Waals surface area contributed by atoms with Crippen LogP contribution in [0.15, 0.2) is 12.1 Å². The molecule has 1 aromatic rings. The lowest BCUT2D eigenvalue weighted by molar-refractivity contribution is -0.136. The molecule has 2 aliphatic rings. The molecule has 2 heterocycles. The lowest BCUT2D eigenvalue weighted by Gasteiger charge is -2.27. The average molecular weight is 336 g/mol. The second kappa shape index (κ2) is 6.77. The largest absolute Gasteiger partial charge is 0.494 e. The zero-order valence-corrected chi connectivity index (χ0v) is 13.5. The maximum atomic E-state index is 13.7. The Bertz CT molecular complexity index is 731. The van der Waals surface area contributed by atoms with Gasteiger partial charge in [0.1, 0.15) is 6.04 Å². The summed E-state index contributed by atoms with van der Waals surface area (Å²) < 4.78 is 18.5. The Labute approximate surface area is 137 Å². The first-order chi connectivity index (χ1) is 11.4. The second-order valence-corrected chi connectivity index (χ2v) is 4.98. The Morgan fingerprint density at radius 2 is 1.71 bits per heavy atom. The van der Waals surface area contributed by atoms with Crippen molar-refractivity contribution < 1.29 is 28.3 Å². The Morgan fingerprint density at radius 3 is 2.25 bits per heavy atom. The molecule has 4 amide bonds. The van der Waals surface area contributed by atoms with E-state index in [0.29, 0.717) is 0 Å². The Morgan fingerprint density at radius 1 is 1.12 bits per heavy atom. The van der Waals surface area contributed by atoms with Gasteiger partial charge in [-0.15, -0.1) is 0 Å². The number of hydrogen-bond acceptors (Lipinski definition) is 5. The number of nitrogens with zero attached hydrogens (tertiary/aromatic N) is 1. The first-order valence-electron chi connectivity index (χ1n) is 7.53. The van der Waals surface area contributed by atoms with Crippen molar-refractivity contribution in [3.05, 3.63) is 29.1 Å². The van der Waals surface area contributed by atoms with Crippen LogP contribution in [0, 0.1) is 5.82 Å². The van der Waals surface area contributed by atoms with E-state index in [4.69, 9.17) is 4.74 Å². The molecule has 7 nitrogen and oxygen atoms in total. The fraction of sp³-hybridized carbons (Fsp3) is 0.375. The Kier molecular flexibility index (Phi) is 4.96. The predicted molar refractivity (Wildman–Crippen MR) is 81.0 cm³/mol. The fourth-order valence-corrected chi connectivity index (χ4v) is 2.63. The summed E-state index contributed by atoms with van der Waals surface area (Å²) >= 11 is 0. The quantitative estimate of drug-likeness (QED) is 0.821. The summed E-state index contributed by atoms with van der Waals surface area (Å²) in [6, 6.07) is 0.982. The minimum atomic E-state index is -1.07. The van der Waals surface area contributed by atoms with Crippen molar-refractivity contribution in [1.29, 1.82) is 0 Å². The number of benzene rings is 1. The van der Waals surface area contributed by atoms with Crippen molar-refractivity contribution in [3.8, 4) is 5.75 Å². The molecule has 0 spiro atoms. The van der Waals surface area contributed by atoms with Gasteiger partial charge in [0, 0.05) is 6.42 Å².